The van der Waals surface area contributed by atoms with Gasteiger partial charge in [0.25, 0.3) is 0 Å². The third-order valence-corrected chi connectivity index (χ3v) is 4.75. The fraction of sp³-hybridized carbons (Fsp3) is 0.444. The van der Waals surface area contributed by atoms with Gasteiger partial charge in [0.15, 0.2) is 0 Å². The number of likely N-dealkylation sites (tertiary alicyclic amines) is 1. The van der Waals surface area contributed by atoms with Crippen LogP contribution in [0.15, 0.2) is 36.7 Å². The average Bonchev–Trinajstić information content (AvgIpc) is 3.20. The number of aryl methyl sites for hydroxylation is 1. The summed E-state index contributed by atoms with van der Waals surface area (Å²) in [4.78, 5) is 16.8. The van der Waals surface area contributed by atoms with E-state index in [1.54, 1.807) is 30.5 Å². The maximum absolute atomic E-state index is 13.1. The van der Waals surface area contributed by atoms with Crippen LogP contribution in [0.1, 0.15) is 11.4 Å². The molecule has 2 heterocycles. The van der Waals surface area contributed by atoms with Gasteiger partial charge in [-0.05, 0) is 17.7 Å². The highest BCUT2D eigenvalue weighted by Gasteiger charge is 2.52. The summed E-state index contributed by atoms with van der Waals surface area (Å²) in [5.74, 6) is -3.27. The maximum Gasteiger partial charge on any atom is 0.393 e. The number of hydrogen-bond donors (Lipinski definition) is 1. The Balaban J connectivity index is 1.58. The van der Waals surface area contributed by atoms with E-state index in [-0.39, 0.29) is 19.6 Å². The minimum absolute atomic E-state index is 0.114. The number of benzene rings is 1. The van der Waals surface area contributed by atoms with Gasteiger partial charge >= 0.3 is 12.1 Å². The van der Waals surface area contributed by atoms with Crippen LogP contribution in [0.3, 0.4) is 0 Å². The standard InChI is InChI=1S/C18H20F3N3O3/c1-23-7-6-22-16(23)11-27-13-4-2-12(3-5-13)8-24-9-14(17(25)26)15(10-24)18(19,20)21/h2-7,14-15H,8-11H2,1H3,(H,25,26)/t14-,15-/m1/s1. The highest BCUT2D eigenvalue weighted by molar-refractivity contribution is 5.71. The summed E-state index contributed by atoms with van der Waals surface area (Å²) in [5, 5.41) is 9.07. The smallest absolute Gasteiger partial charge is 0.393 e. The molecule has 0 unspecified atom stereocenters. The van der Waals surface area contributed by atoms with Crippen molar-refractivity contribution in [2.24, 2.45) is 18.9 Å². The number of halogens is 3. The van der Waals surface area contributed by atoms with Crippen molar-refractivity contribution in [3.05, 3.63) is 48.0 Å². The van der Waals surface area contributed by atoms with Crippen molar-refractivity contribution in [3.63, 3.8) is 0 Å². The van der Waals surface area contributed by atoms with E-state index in [0.717, 1.165) is 11.4 Å². The predicted octanol–water partition coefficient (Wildman–Crippen LogP) is 2.69. The number of rotatable bonds is 6. The SMILES string of the molecule is Cn1ccnc1COc1ccc(CN2C[C@@H](C(F)(F)F)[C@H](C(=O)O)C2)cc1. The lowest BCUT2D eigenvalue weighted by atomic mass is 9.96. The zero-order valence-corrected chi connectivity index (χ0v) is 14.7. The quantitative estimate of drug-likeness (QED) is 0.831. The molecule has 3 rings (SSSR count). The van der Waals surface area contributed by atoms with Gasteiger partial charge in [0.1, 0.15) is 18.2 Å². The average molecular weight is 383 g/mol. The van der Waals surface area contributed by atoms with Gasteiger partial charge in [-0.3, -0.25) is 9.69 Å². The second-order valence-electron chi connectivity index (χ2n) is 6.67. The van der Waals surface area contributed by atoms with Crippen LogP contribution in [0.25, 0.3) is 0 Å². The van der Waals surface area contributed by atoms with Crippen LogP contribution >= 0.6 is 0 Å². The molecule has 0 amide bonds. The summed E-state index contributed by atoms with van der Waals surface area (Å²) < 4.78 is 46.6. The van der Waals surface area contributed by atoms with Crippen molar-refractivity contribution in [1.82, 2.24) is 14.5 Å². The second kappa shape index (κ2) is 7.59. The van der Waals surface area contributed by atoms with Gasteiger partial charge < -0.3 is 14.4 Å². The Labute approximate surface area is 154 Å². The van der Waals surface area contributed by atoms with Crippen LogP contribution in [-0.2, 0) is 25.0 Å². The molecule has 1 aliphatic heterocycles. The topological polar surface area (TPSA) is 67.6 Å². The second-order valence-corrected chi connectivity index (χ2v) is 6.67. The van der Waals surface area contributed by atoms with E-state index in [2.05, 4.69) is 4.98 Å². The first-order valence-corrected chi connectivity index (χ1v) is 8.44. The fourth-order valence-electron chi connectivity index (χ4n) is 3.23. The van der Waals surface area contributed by atoms with E-state index in [1.165, 1.54) is 4.90 Å². The highest BCUT2D eigenvalue weighted by Crippen LogP contribution is 2.38. The molecular formula is C18H20F3N3O3. The Hall–Kier alpha value is -2.55. The normalized spacial score (nSPS) is 20.7. The molecule has 0 aliphatic carbocycles. The number of ether oxygens (including phenoxy) is 1. The minimum Gasteiger partial charge on any atom is -0.486 e. The number of aliphatic carboxylic acids is 1. The van der Waals surface area contributed by atoms with Gasteiger partial charge in [0.2, 0.25) is 0 Å². The molecule has 2 atom stereocenters. The Morgan fingerprint density at radius 3 is 2.52 bits per heavy atom. The number of carboxylic acid groups (broad SMARTS) is 1. The number of hydrogen-bond acceptors (Lipinski definition) is 4. The van der Waals surface area contributed by atoms with Gasteiger partial charge in [-0.25, -0.2) is 4.98 Å². The first-order chi connectivity index (χ1) is 12.7. The van der Waals surface area contributed by atoms with Crippen molar-refractivity contribution in [2.45, 2.75) is 19.3 Å². The van der Waals surface area contributed by atoms with Gasteiger partial charge in [0, 0.05) is 39.1 Å². The van der Waals surface area contributed by atoms with Crippen LogP contribution in [-0.4, -0.2) is 44.8 Å². The van der Waals surface area contributed by atoms with Gasteiger partial charge in [0.05, 0.1) is 11.8 Å². The molecule has 146 valence electrons. The lowest BCUT2D eigenvalue weighted by molar-refractivity contribution is -0.188. The fourth-order valence-corrected chi connectivity index (χ4v) is 3.23. The van der Waals surface area contributed by atoms with Crippen molar-refractivity contribution in [3.8, 4) is 5.75 Å². The van der Waals surface area contributed by atoms with Crippen LogP contribution < -0.4 is 4.74 Å². The van der Waals surface area contributed by atoms with Gasteiger partial charge in [-0.15, -0.1) is 0 Å². The Bertz CT molecular complexity index is 789. The van der Waals surface area contributed by atoms with Crippen molar-refractivity contribution >= 4 is 5.97 Å². The molecule has 1 aliphatic rings. The number of carbonyl (C=O) groups is 1. The van der Waals surface area contributed by atoms with E-state index in [4.69, 9.17) is 9.84 Å². The minimum atomic E-state index is -4.51. The van der Waals surface area contributed by atoms with Crippen LogP contribution in [0, 0.1) is 11.8 Å². The molecular weight excluding hydrogens is 363 g/mol. The van der Waals surface area contributed by atoms with E-state index < -0.39 is 24.0 Å². The summed E-state index contributed by atoms with van der Waals surface area (Å²) >= 11 is 0. The molecule has 2 aromatic rings. The zero-order chi connectivity index (χ0) is 19.6. The maximum atomic E-state index is 13.1. The van der Waals surface area contributed by atoms with Crippen LogP contribution in [0.4, 0.5) is 13.2 Å². The number of imidazole rings is 1. The molecule has 1 aromatic carbocycles. The molecule has 1 saturated heterocycles. The third kappa shape index (κ3) is 4.60. The number of aromatic nitrogens is 2. The molecule has 1 N–H and O–H groups in total. The van der Waals surface area contributed by atoms with E-state index >= 15 is 0 Å². The van der Waals surface area contributed by atoms with Crippen LogP contribution in [0.5, 0.6) is 5.75 Å². The zero-order valence-electron chi connectivity index (χ0n) is 14.7. The Morgan fingerprint density at radius 2 is 2.00 bits per heavy atom. The van der Waals surface area contributed by atoms with Gasteiger partial charge in [-0.1, -0.05) is 12.1 Å². The number of carboxylic acids is 1. The predicted molar refractivity (Wildman–Crippen MR) is 89.9 cm³/mol. The van der Waals surface area contributed by atoms with Crippen molar-refractivity contribution in [1.29, 1.82) is 0 Å². The first kappa shape index (κ1) is 19.2. The molecule has 0 bridgehead atoms. The van der Waals surface area contributed by atoms with E-state index in [1.807, 2.05) is 17.8 Å². The highest BCUT2D eigenvalue weighted by atomic mass is 19.4. The molecule has 0 radical (unpaired) electrons. The molecule has 1 fully saturated rings. The summed E-state index contributed by atoms with van der Waals surface area (Å²) in [7, 11) is 1.86. The molecule has 0 spiro atoms. The summed E-state index contributed by atoms with van der Waals surface area (Å²) in [6, 6.07) is 7.02. The molecule has 27 heavy (non-hydrogen) atoms. The largest absolute Gasteiger partial charge is 0.486 e. The third-order valence-electron chi connectivity index (χ3n) is 4.75. The van der Waals surface area contributed by atoms with E-state index in [0.29, 0.717) is 12.4 Å². The lowest BCUT2D eigenvalue weighted by Crippen LogP contribution is -2.33. The Kier molecular flexibility index (Phi) is 5.41. The summed E-state index contributed by atoms with van der Waals surface area (Å²) in [6.07, 6.45) is -1.02. The van der Waals surface area contributed by atoms with Crippen molar-refractivity contribution < 1.29 is 27.8 Å². The summed E-state index contributed by atoms with van der Waals surface area (Å²) in [5.41, 5.74) is 0.798. The number of nitrogens with zero attached hydrogens (tertiary/aromatic N) is 3. The van der Waals surface area contributed by atoms with E-state index in [9.17, 15) is 18.0 Å². The first-order valence-electron chi connectivity index (χ1n) is 8.44. The summed E-state index contributed by atoms with van der Waals surface area (Å²) in [6.45, 7) is 0.146. The lowest BCUT2D eigenvalue weighted by Gasteiger charge is -2.18. The molecule has 6 nitrogen and oxygen atoms in total. The van der Waals surface area contributed by atoms with Crippen molar-refractivity contribution in [2.75, 3.05) is 13.1 Å². The number of alkyl halides is 3. The Morgan fingerprint density at radius 1 is 1.30 bits per heavy atom. The monoisotopic (exact) mass is 383 g/mol. The van der Waals surface area contributed by atoms with Gasteiger partial charge in [-0.2, -0.15) is 13.2 Å². The molecule has 9 heteroatoms. The molecule has 1 aromatic heterocycles. The molecule has 0 saturated carbocycles. The van der Waals surface area contributed by atoms with Crippen LogP contribution in [0.2, 0.25) is 0 Å².